The number of carbonyl (C=O) groups is 1. The van der Waals surface area contributed by atoms with Gasteiger partial charge in [0.1, 0.15) is 0 Å². The zero-order valence-electron chi connectivity index (χ0n) is 13.4. The molecule has 1 atom stereocenters. The third-order valence-corrected chi connectivity index (χ3v) is 4.76. The van der Waals surface area contributed by atoms with Gasteiger partial charge in [0.15, 0.2) is 0 Å². The average molecular weight is 317 g/mol. The fourth-order valence-corrected chi connectivity index (χ4v) is 3.54. The lowest BCUT2D eigenvalue weighted by Gasteiger charge is -2.35. The van der Waals surface area contributed by atoms with Crippen LogP contribution in [0.25, 0.3) is 10.9 Å². The van der Waals surface area contributed by atoms with Gasteiger partial charge in [-0.3, -0.25) is 14.7 Å². The molecule has 1 aliphatic rings. The summed E-state index contributed by atoms with van der Waals surface area (Å²) in [5.74, 6) is -0.266. The van der Waals surface area contributed by atoms with E-state index in [1.807, 2.05) is 30.5 Å². The van der Waals surface area contributed by atoms with Crippen LogP contribution in [0.3, 0.4) is 0 Å². The third kappa shape index (κ3) is 2.65. The third-order valence-electron chi connectivity index (χ3n) is 4.76. The Labute approximate surface area is 140 Å². The highest BCUT2D eigenvalue weighted by molar-refractivity contribution is 5.82. The molecule has 0 spiro atoms. The number of pyridine rings is 1. The smallest absolute Gasteiger partial charge is 0.235 e. The van der Waals surface area contributed by atoms with E-state index >= 15 is 0 Å². The van der Waals surface area contributed by atoms with E-state index in [4.69, 9.17) is 5.73 Å². The number of nitrogens with two attached hydrogens (primary N) is 1. The van der Waals surface area contributed by atoms with Crippen molar-refractivity contribution in [1.82, 2.24) is 9.88 Å². The summed E-state index contributed by atoms with van der Waals surface area (Å²) < 4.78 is 0. The summed E-state index contributed by atoms with van der Waals surface area (Å²) in [7, 11) is 0. The van der Waals surface area contributed by atoms with Crippen LogP contribution in [0.1, 0.15) is 16.7 Å². The van der Waals surface area contributed by atoms with Crippen LogP contribution in [0, 0.1) is 0 Å². The summed E-state index contributed by atoms with van der Waals surface area (Å²) in [5.41, 5.74) is 10.3. The molecule has 1 aromatic heterocycles. The largest absolute Gasteiger partial charge is 0.368 e. The molecule has 0 unspecified atom stereocenters. The maximum atomic E-state index is 12.0. The Morgan fingerprint density at radius 2 is 1.88 bits per heavy atom. The van der Waals surface area contributed by atoms with Gasteiger partial charge >= 0.3 is 0 Å². The standard InChI is InChI=1S/C20H19N3O/c21-20(24)18-11-15-5-1-2-6-16(15)12-23(18)13-17-8-3-7-14-9-4-10-22-19(14)17/h1-10,18H,11-13H2,(H2,21,24)/t18-/m0/s1. The van der Waals surface area contributed by atoms with Gasteiger partial charge in [0.2, 0.25) is 5.91 Å². The molecule has 0 saturated heterocycles. The molecule has 2 N–H and O–H groups in total. The molecule has 2 aromatic carbocycles. The van der Waals surface area contributed by atoms with Crippen LogP contribution in [0.2, 0.25) is 0 Å². The molecule has 4 rings (SSSR count). The molecule has 4 nitrogen and oxygen atoms in total. The number of primary amides is 1. The maximum absolute atomic E-state index is 12.0. The van der Waals surface area contributed by atoms with Crippen molar-refractivity contribution in [3.63, 3.8) is 0 Å². The van der Waals surface area contributed by atoms with Crippen molar-refractivity contribution in [2.75, 3.05) is 0 Å². The second-order valence-electron chi connectivity index (χ2n) is 6.29. The van der Waals surface area contributed by atoms with E-state index in [1.54, 1.807) is 0 Å². The Bertz CT molecular complexity index is 901. The number of aromatic nitrogens is 1. The van der Waals surface area contributed by atoms with Crippen molar-refractivity contribution < 1.29 is 4.79 Å². The lowest BCUT2D eigenvalue weighted by atomic mass is 9.93. The number of hydrogen-bond donors (Lipinski definition) is 1. The first-order chi connectivity index (χ1) is 11.7. The predicted octanol–water partition coefficient (Wildman–Crippen LogP) is 2.65. The fourth-order valence-electron chi connectivity index (χ4n) is 3.54. The van der Waals surface area contributed by atoms with Crippen molar-refractivity contribution >= 4 is 16.8 Å². The van der Waals surface area contributed by atoms with Crippen LogP contribution in [-0.2, 0) is 24.3 Å². The van der Waals surface area contributed by atoms with Gasteiger partial charge in [0.05, 0.1) is 11.6 Å². The monoisotopic (exact) mass is 317 g/mol. The van der Waals surface area contributed by atoms with Crippen molar-refractivity contribution in [1.29, 1.82) is 0 Å². The number of benzene rings is 2. The minimum absolute atomic E-state index is 0.266. The summed E-state index contributed by atoms with van der Waals surface area (Å²) in [5, 5.41) is 1.11. The number of para-hydroxylation sites is 1. The second kappa shape index (κ2) is 6.06. The average Bonchev–Trinajstić information content (AvgIpc) is 2.61. The minimum atomic E-state index is -0.279. The predicted molar refractivity (Wildman–Crippen MR) is 94.1 cm³/mol. The van der Waals surface area contributed by atoms with Crippen LogP contribution in [0.5, 0.6) is 0 Å². The Hall–Kier alpha value is -2.72. The molecule has 24 heavy (non-hydrogen) atoms. The number of fused-ring (bicyclic) bond motifs is 2. The van der Waals surface area contributed by atoms with Crippen LogP contribution < -0.4 is 5.73 Å². The topological polar surface area (TPSA) is 59.2 Å². The Kier molecular flexibility index (Phi) is 3.75. The molecule has 4 heteroatoms. The van der Waals surface area contributed by atoms with Crippen molar-refractivity contribution in [3.05, 3.63) is 77.5 Å². The van der Waals surface area contributed by atoms with Crippen LogP contribution in [0.15, 0.2) is 60.8 Å². The molecule has 0 bridgehead atoms. The first-order valence-corrected chi connectivity index (χ1v) is 8.15. The lowest BCUT2D eigenvalue weighted by molar-refractivity contribution is -0.124. The summed E-state index contributed by atoms with van der Waals surface area (Å²) >= 11 is 0. The first-order valence-electron chi connectivity index (χ1n) is 8.15. The zero-order valence-corrected chi connectivity index (χ0v) is 13.4. The lowest BCUT2D eigenvalue weighted by Crippen LogP contribution is -2.48. The molecule has 0 radical (unpaired) electrons. The summed E-state index contributed by atoms with van der Waals surface area (Å²) in [6, 6.07) is 18.2. The van der Waals surface area contributed by atoms with E-state index in [-0.39, 0.29) is 11.9 Å². The summed E-state index contributed by atoms with van der Waals surface area (Å²) in [6.45, 7) is 1.39. The molecule has 2 heterocycles. The van der Waals surface area contributed by atoms with Crippen LogP contribution in [0.4, 0.5) is 0 Å². The molecular weight excluding hydrogens is 298 g/mol. The van der Waals surface area contributed by atoms with Gasteiger partial charge in [-0.2, -0.15) is 0 Å². The van der Waals surface area contributed by atoms with Gasteiger partial charge in [-0.25, -0.2) is 0 Å². The number of rotatable bonds is 3. The van der Waals surface area contributed by atoms with Gasteiger partial charge in [0.25, 0.3) is 0 Å². The molecule has 0 saturated carbocycles. The molecule has 120 valence electrons. The molecule has 1 amide bonds. The van der Waals surface area contributed by atoms with Crippen molar-refractivity contribution in [3.8, 4) is 0 Å². The van der Waals surface area contributed by atoms with Gasteiger partial charge < -0.3 is 5.73 Å². The number of amides is 1. The van der Waals surface area contributed by atoms with E-state index in [0.29, 0.717) is 13.0 Å². The molecular formula is C20H19N3O. The molecule has 3 aromatic rings. The molecule has 1 aliphatic heterocycles. The van der Waals surface area contributed by atoms with E-state index in [1.165, 1.54) is 11.1 Å². The Balaban J connectivity index is 1.70. The SMILES string of the molecule is NC(=O)[C@@H]1Cc2ccccc2CN1Cc1cccc2cccnc12. The highest BCUT2D eigenvalue weighted by Gasteiger charge is 2.30. The van der Waals surface area contributed by atoms with E-state index in [9.17, 15) is 4.79 Å². The highest BCUT2D eigenvalue weighted by Crippen LogP contribution is 2.26. The number of nitrogens with zero attached hydrogens (tertiary/aromatic N) is 2. The first kappa shape index (κ1) is 14.8. The Morgan fingerprint density at radius 1 is 1.08 bits per heavy atom. The van der Waals surface area contributed by atoms with Crippen molar-refractivity contribution in [2.45, 2.75) is 25.6 Å². The quantitative estimate of drug-likeness (QED) is 0.808. The highest BCUT2D eigenvalue weighted by atomic mass is 16.1. The van der Waals surface area contributed by atoms with Crippen molar-refractivity contribution in [2.24, 2.45) is 5.73 Å². The van der Waals surface area contributed by atoms with Gasteiger partial charge in [-0.05, 0) is 29.2 Å². The molecule has 0 fully saturated rings. The van der Waals surface area contributed by atoms with Crippen LogP contribution in [-0.4, -0.2) is 21.8 Å². The van der Waals surface area contributed by atoms with Gasteiger partial charge in [-0.15, -0.1) is 0 Å². The van der Waals surface area contributed by atoms with Gasteiger partial charge in [0, 0.05) is 24.7 Å². The Morgan fingerprint density at radius 3 is 2.71 bits per heavy atom. The molecule has 0 aliphatic carbocycles. The van der Waals surface area contributed by atoms with Gasteiger partial charge in [-0.1, -0.05) is 48.5 Å². The summed E-state index contributed by atoms with van der Waals surface area (Å²) in [4.78, 5) is 18.7. The van der Waals surface area contributed by atoms with E-state index < -0.39 is 0 Å². The van der Waals surface area contributed by atoms with E-state index in [2.05, 4.69) is 40.2 Å². The number of hydrogen-bond acceptors (Lipinski definition) is 3. The maximum Gasteiger partial charge on any atom is 0.235 e. The second-order valence-corrected chi connectivity index (χ2v) is 6.29. The normalized spacial score (nSPS) is 17.6. The fraction of sp³-hybridized carbons (Fsp3) is 0.200. The minimum Gasteiger partial charge on any atom is -0.368 e. The number of carbonyl (C=O) groups excluding carboxylic acids is 1. The van der Waals surface area contributed by atoms with E-state index in [0.717, 1.165) is 23.0 Å². The van der Waals surface area contributed by atoms with Crippen LogP contribution >= 0.6 is 0 Å². The zero-order chi connectivity index (χ0) is 16.5. The summed E-state index contributed by atoms with van der Waals surface area (Å²) in [6.07, 6.45) is 2.48.